The molecular formula is C13H24N2O5Se. The van der Waals surface area contributed by atoms with Crippen molar-refractivity contribution in [3.05, 3.63) is 0 Å². The van der Waals surface area contributed by atoms with Gasteiger partial charge in [0.2, 0.25) is 0 Å². The summed E-state index contributed by atoms with van der Waals surface area (Å²) in [5, 5.41) is 14.6. The standard InChI is InChI=1S/C13H24N2O5Se/c1-8(14-12(19)20-13(2,3)4)10(16)15-9(11(17)18)6-7-21-5/h8-9H,6-7H2,1-5H3,(H,14,19)(H,15,16)(H,17,18). The first-order valence-electron chi connectivity index (χ1n) is 6.58. The average molecular weight is 367 g/mol. The SMILES string of the molecule is C[Se]CCC(NC(=O)C(C)NC(=O)OC(C)(C)C)C(=O)O. The van der Waals surface area contributed by atoms with Crippen molar-refractivity contribution in [2.24, 2.45) is 0 Å². The maximum absolute atomic E-state index is 11.9. The summed E-state index contributed by atoms with van der Waals surface area (Å²) in [5.41, 5.74) is -0.660. The first-order chi connectivity index (χ1) is 9.56. The fourth-order valence-corrected chi connectivity index (χ4v) is 2.33. The van der Waals surface area contributed by atoms with Crippen LogP contribution in [0.1, 0.15) is 34.1 Å². The number of nitrogens with one attached hydrogen (secondary N) is 2. The van der Waals surface area contributed by atoms with Gasteiger partial charge in [-0.15, -0.1) is 0 Å². The summed E-state index contributed by atoms with van der Waals surface area (Å²) in [6.45, 7) is 6.61. The number of aliphatic carboxylic acids is 1. The zero-order valence-electron chi connectivity index (χ0n) is 13.1. The predicted molar refractivity (Wildman–Crippen MR) is 79.4 cm³/mol. The Kier molecular flexibility index (Phi) is 8.36. The first kappa shape index (κ1) is 19.7. The van der Waals surface area contributed by atoms with Gasteiger partial charge in [0, 0.05) is 0 Å². The monoisotopic (exact) mass is 368 g/mol. The molecule has 0 rings (SSSR count). The average Bonchev–Trinajstić information content (AvgIpc) is 2.30. The number of rotatable bonds is 7. The van der Waals surface area contributed by atoms with Crippen LogP contribution in [-0.4, -0.2) is 55.7 Å². The van der Waals surface area contributed by atoms with E-state index >= 15 is 0 Å². The summed E-state index contributed by atoms with van der Waals surface area (Å²) in [4.78, 5) is 34.5. The van der Waals surface area contributed by atoms with Gasteiger partial charge >= 0.3 is 131 Å². The number of hydrogen-bond acceptors (Lipinski definition) is 4. The van der Waals surface area contributed by atoms with Gasteiger partial charge in [-0.2, -0.15) is 0 Å². The molecule has 122 valence electrons. The Bertz CT molecular complexity index is 381. The van der Waals surface area contributed by atoms with Crippen LogP contribution in [0.4, 0.5) is 4.79 Å². The minimum absolute atomic E-state index is 0.346. The molecule has 2 unspecified atom stereocenters. The number of carboxylic acids is 1. The Balaban J connectivity index is 4.42. The Hall–Kier alpha value is -1.27. The van der Waals surface area contributed by atoms with Crippen LogP contribution in [0.5, 0.6) is 0 Å². The molecule has 0 saturated heterocycles. The number of ether oxygens (including phenoxy) is 1. The second-order valence-corrected chi connectivity index (χ2v) is 7.62. The van der Waals surface area contributed by atoms with Gasteiger partial charge in [-0.3, -0.25) is 0 Å². The van der Waals surface area contributed by atoms with Crippen LogP contribution in [0.2, 0.25) is 11.1 Å². The van der Waals surface area contributed by atoms with Crippen molar-refractivity contribution in [2.45, 2.75) is 62.9 Å². The molecule has 0 aliphatic rings. The molecule has 2 atom stereocenters. The summed E-state index contributed by atoms with van der Waals surface area (Å²) < 4.78 is 5.03. The van der Waals surface area contributed by atoms with Gasteiger partial charge in [0.15, 0.2) is 0 Å². The third-order valence-corrected chi connectivity index (χ3v) is 3.70. The molecule has 0 bridgehead atoms. The van der Waals surface area contributed by atoms with Crippen LogP contribution in [0.15, 0.2) is 0 Å². The third kappa shape index (κ3) is 9.31. The molecular weight excluding hydrogens is 343 g/mol. The van der Waals surface area contributed by atoms with Crippen molar-refractivity contribution in [1.82, 2.24) is 10.6 Å². The molecule has 2 amide bonds. The van der Waals surface area contributed by atoms with Gasteiger partial charge in [-0.25, -0.2) is 0 Å². The van der Waals surface area contributed by atoms with Crippen molar-refractivity contribution < 1.29 is 24.2 Å². The molecule has 0 spiro atoms. The normalized spacial score (nSPS) is 14.0. The second kappa shape index (κ2) is 8.89. The van der Waals surface area contributed by atoms with E-state index in [4.69, 9.17) is 9.84 Å². The van der Waals surface area contributed by atoms with Crippen molar-refractivity contribution in [1.29, 1.82) is 0 Å². The molecule has 0 saturated carbocycles. The second-order valence-electron chi connectivity index (χ2n) is 5.55. The van der Waals surface area contributed by atoms with Crippen molar-refractivity contribution >= 4 is 32.9 Å². The maximum atomic E-state index is 11.9. The van der Waals surface area contributed by atoms with E-state index in [1.165, 1.54) is 6.92 Å². The van der Waals surface area contributed by atoms with Crippen LogP contribution in [0.3, 0.4) is 0 Å². The van der Waals surface area contributed by atoms with Gasteiger partial charge in [0.1, 0.15) is 0 Å². The zero-order valence-corrected chi connectivity index (χ0v) is 14.8. The molecule has 3 N–H and O–H groups in total. The quantitative estimate of drug-likeness (QED) is 0.583. The zero-order chi connectivity index (χ0) is 16.6. The molecule has 0 aliphatic heterocycles. The van der Waals surface area contributed by atoms with E-state index in [2.05, 4.69) is 10.6 Å². The topological polar surface area (TPSA) is 105 Å². The van der Waals surface area contributed by atoms with E-state index in [1.54, 1.807) is 20.8 Å². The molecule has 0 aromatic carbocycles. The third-order valence-electron chi connectivity index (χ3n) is 2.35. The molecule has 0 radical (unpaired) electrons. The number of carbonyl (C=O) groups excluding carboxylic acids is 2. The van der Waals surface area contributed by atoms with Gasteiger partial charge in [0.25, 0.3) is 0 Å². The Morgan fingerprint density at radius 2 is 1.81 bits per heavy atom. The van der Waals surface area contributed by atoms with Crippen LogP contribution in [0, 0.1) is 0 Å². The van der Waals surface area contributed by atoms with E-state index in [0.717, 1.165) is 5.32 Å². The Labute approximate surface area is 131 Å². The van der Waals surface area contributed by atoms with Crippen LogP contribution >= 0.6 is 0 Å². The van der Waals surface area contributed by atoms with Crippen LogP contribution in [0.25, 0.3) is 0 Å². The Morgan fingerprint density at radius 1 is 1.24 bits per heavy atom. The van der Waals surface area contributed by atoms with Gasteiger partial charge in [-0.1, -0.05) is 0 Å². The van der Waals surface area contributed by atoms with Crippen LogP contribution < -0.4 is 10.6 Å². The number of amides is 2. The molecule has 21 heavy (non-hydrogen) atoms. The molecule has 8 heteroatoms. The van der Waals surface area contributed by atoms with E-state index in [-0.39, 0.29) is 0 Å². The molecule has 0 heterocycles. The van der Waals surface area contributed by atoms with E-state index < -0.39 is 35.7 Å². The fraction of sp³-hybridized carbons (Fsp3) is 0.769. The van der Waals surface area contributed by atoms with Crippen LogP contribution in [-0.2, 0) is 14.3 Å². The molecule has 0 aromatic heterocycles. The van der Waals surface area contributed by atoms with Gasteiger partial charge in [0.05, 0.1) is 0 Å². The van der Waals surface area contributed by atoms with E-state index in [1.807, 2.05) is 5.82 Å². The van der Waals surface area contributed by atoms with Crippen molar-refractivity contribution in [3.8, 4) is 0 Å². The summed E-state index contributed by atoms with van der Waals surface area (Å²) in [5.74, 6) is 0.384. The first-order valence-corrected chi connectivity index (χ1v) is 9.51. The number of carbonyl (C=O) groups is 3. The van der Waals surface area contributed by atoms with Crippen molar-refractivity contribution in [2.75, 3.05) is 0 Å². The number of carboxylic acid groups (broad SMARTS) is 1. The summed E-state index contributed by atoms with van der Waals surface area (Å²) in [7, 11) is 0. The predicted octanol–water partition coefficient (Wildman–Crippen LogP) is 1.03. The summed E-state index contributed by atoms with van der Waals surface area (Å²) in [6.07, 6.45) is -0.328. The van der Waals surface area contributed by atoms with Gasteiger partial charge in [-0.05, 0) is 0 Å². The molecule has 0 aromatic rings. The molecule has 0 fully saturated rings. The van der Waals surface area contributed by atoms with Gasteiger partial charge < -0.3 is 0 Å². The molecule has 0 aliphatic carbocycles. The fourth-order valence-electron chi connectivity index (χ4n) is 1.34. The number of hydrogen-bond donors (Lipinski definition) is 3. The van der Waals surface area contributed by atoms with E-state index in [9.17, 15) is 14.4 Å². The van der Waals surface area contributed by atoms with Crippen molar-refractivity contribution in [3.63, 3.8) is 0 Å². The molecule has 7 nitrogen and oxygen atoms in total. The minimum atomic E-state index is -1.07. The summed E-state index contributed by atoms with van der Waals surface area (Å²) in [6, 6.07) is -1.80. The summed E-state index contributed by atoms with van der Waals surface area (Å²) >= 11 is 0.346. The van der Waals surface area contributed by atoms with E-state index in [0.29, 0.717) is 21.4 Å². The Morgan fingerprint density at radius 3 is 2.24 bits per heavy atom. The number of alkyl carbamates (subject to hydrolysis) is 1.